The van der Waals surface area contributed by atoms with E-state index in [-0.39, 0.29) is 17.0 Å². The summed E-state index contributed by atoms with van der Waals surface area (Å²) in [5.74, 6) is -0.687. The molecular formula is C15H14ClFN4O. The molecule has 1 aliphatic heterocycles. The molecule has 1 fully saturated rings. The van der Waals surface area contributed by atoms with Crippen molar-refractivity contribution in [3.8, 4) is 0 Å². The monoisotopic (exact) mass is 320 g/mol. The molecule has 0 unspecified atom stereocenters. The summed E-state index contributed by atoms with van der Waals surface area (Å²) in [5.41, 5.74) is 1.05. The van der Waals surface area contributed by atoms with Crippen LogP contribution in [0.4, 0.5) is 10.1 Å². The lowest BCUT2D eigenvalue weighted by Gasteiger charge is -2.19. The number of benzene rings is 1. The average molecular weight is 321 g/mol. The molecule has 1 aromatic carbocycles. The third kappa shape index (κ3) is 3.17. The molecule has 7 heteroatoms. The average Bonchev–Trinajstić information content (AvgIpc) is 2.99. The lowest BCUT2D eigenvalue weighted by molar-refractivity contribution is 0.0935. The van der Waals surface area contributed by atoms with Gasteiger partial charge in [-0.1, -0.05) is 11.6 Å². The fourth-order valence-corrected chi connectivity index (χ4v) is 2.59. The van der Waals surface area contributed by atoms with Crippen molar-refractivity contribution < 1.29 is 9.18 Å². The predicted molar refractivity (Wildman–Crippen MR) is 81.5 cm³/mol. The molecule has 1 aliphatic rings. The topological polar surface area (TPSA) is 58.1 Å². The Labute approximate surface area is 132 Å². The van der Waals surface area contributed by atoms with Crippen LogP contribution in [0.25, 0.3) is 0 Å². The molecule has 1 atom stereocenters. The normalized spacial score (nSPS) is 17.5. The summed E-state index contributed by atoms with van der Waals surface area (Å²) in [6.45, 7) is 1.36. The lowest BCUT2D eigenvalue weighted by atomic mass is 10.2. The van der Waals surface area contributed by atoms with Gasteiger partial charge in [0.2, 0.25) is 0 Å². The molecule has 0 radical (unpaired) electrons. The Kier molecular flexibility index (Phi) is 4.20. The van der Waals surface area contributed by atoms with E-state index in [1.807, 2.05) is 4.90 Å². The summed E-state index contributed by atoms with van der Waals surface area (Å²) < 4.78 is 13.5. The van der Waals surface area contributed by atoms with Gasteiger partial charge in [-0.15, -0.1) is 0 Å². The summed E-state index contributed by atoms with van der Waals surface area (Å²) in [5, 5.41) is 3.02. The molecule has 114 valence electrons. The van der Waals surface area contributed by atoms with Crippen LogP contribution in [0.5, 0.6) is 0 Å². The van der Waals surface area contributed by atoms with Crippen molar-refractivity contribution in [3.05, 3.63) is 53.3 Å². The summed E-state index contributed by atoms with van der Waals surface area (Å²) >= 11 is 5.69. The van der Waals surface area contributed by atoms with Gasteiger partial charge < -0.3 is 10.2 Å². The Morgan fingerprint density at radius 1 is 1.41 bits per heavy atom. The Morgan fingerprint density at radius 3 is 3.00 bits per heavy atom. The number of nitrogens with one attached hydrogen (secondary N) is 1. The van der Waals surface area contributed by atoms with E-state index in [2.05, 4.69) is 15.3 Å². The minimum Gasteiger partial charge on any atom is -0.369 e. The van der Waals surface area contributed by atoms with Gasteiger partial charge in [-0.2, -0.15) is 0 Å². The molecule has 1 aromatic heterocycles. The zero-order valence-electron chi connectivity index (χ0n) is 11.7. The number of anilines is 1. The highest BCUT2D eigenvalue weighted by Crippen LogP contribution is 2.25. The van der Waals surface area contributed by atoms with E-state index < -0.39 is 5.82 Å². The Balaban J connectivity index is 1.62. The summed E-state index contributed by atoms with van der Waals surface area (Å²) in [6.07, 6.45) is 5.21. The van der Waals surface area contributed by atoms with Gasteiger partial charge in [0.1, 0.15) is 11.5 Å². The second-order valence-corrected chi connectivity index (χ2v) is 5.50. The number of carbonyl (C=O) groups is 1. The standard InChI is InChI=1S/C15H14ClFN4O/c16-12-2-1-11(7-13(12)17)21-6-3-10(9-21)20-15(22)14-8-18-4-5-19-14/h1-2,4-5,7-8,10H,3,6,9H2,(H,20,22)/t10-/m1/s1. The van der Waals surface area contributed by atoms with Crippen molar-refractivity contribution >= 4 is 23.2 Å². The van der Waals surface area contributed by atoms with E-state index in [0.717, 1.165) is 18.7 Å². The molecule has 0 spiro atoms. The number of halogens is 2. The zero-order chi connectivity index (χ0) is 15.5. The molecule has 1 amide bonds. The van der Waals surface area contributed by atoms with Crippen molar-refractivity contribution in [2.45, 2.75) is 12.5 Å². The molecule has 1 N–H and O–H groups in total. The molecule has 3 rings (SSSR count). The van der Waals surface area contributed by atoms with Crippen LogP contribution in [0.15, 0.2) is 36.8 Å². The number of nitrogens with zero attached hydrogens (tertiary/aromatic N) is 3. The maximum absolute atomic E-state index is 13.5. The van der Waals surface area contributed by atoms with Crippen LogP contribution in [-0.4, -0.2) is 35.0 Å². The van der Waals surface area contributed by atoms with Gasteiger partial charge in [0, 0.05) is 37.2 Å². The third-order valence-electron chi connectivity index (χ3n) is 3.59. The Bertz CT molecular complexity index is 682. The number of rotatable bonds is 3. The number of hydrogen-bond acceptors (Lipinski definition) is 4. The van der Waals surface area contributed by atoms with Crippen LogP contribution >= 0.6 is 11.6 Å². The highest BCUT2D eigenvalue weighted by Gasteiger charge is 2.25. The number of carbonyl (C=O) groups excluding carboxylic acids is 1. The smallest absolute Gasteiger partial charge is 0.271 e. The van der Waals surface area contributed by atoms with Crippen molar-refractivity contribution in [2.24, 2.45) is 0 Å². The Hall–Kier alpha value is -2.21. The SMILES string of the molecule is O=C(N[C@@H]1CCN(c2ccc(Cl)c(F)c2)C1)c1cnccn1. The molecule has 0 bridgehead atoms. The first-order valence-corrected chi connectivity index (χ1v) is 7.28. The zero-order valence-corrected chi connectivity index (χ0v) is 12.4. The largest absolute Gasteiger partial charge is 0.369 e. The van der Waals surface area contributed by atoms with Gasteiger partial charge in [0.05, 0.1) is 11.2 Å². The highest BCUT2D eigenvalue weighted by atomic mass is 35.5. The predicted octanol–water partition coefficient (Wildman–Crippen LogP) is 2.28. The van der Waals surface area contributed by atoms with Gasteiger partial charge in [-0.25, -0.2) is 9.37 Å². The number of amides is 1. The van der Waals surface area contributed by atoms with Crippen molar-refractivity contribution in [2.75, 3.05) is 18.0 Å². The summed E-state index contributed by atoms with van der Waals surface area (Å²) in [6, 6.07) is 4.72. The third-order valence-corrected chi connectivity index (χ3v) is 3.89. The van der Waals surface area contributed by atoms with Crippen LogP contribution < -0.4 is 10.2 Å². The maximum Gasteiger partial charge on any atom is 0.271 e. The lowest BCUT2D eigenvalue weighted by Crippen LogP contribution is -2.37. The first kappa shape index (κ1) is 14.7. The second-order valence-electron chi connectivity index (χ2n) is 5.09. The van der Waals surface area contributed by atoms with Crippen molar-refractivity contribution in [1.29, 1.82) is 0 Å². The fourth-order valence-electron chi connectivity index (χ4n) is 2.47. The highest BCUT2D eigenvalue weighted by molar-refractivity contribution is 6.30. The molecule has 0 aliphatic carbocycles. The van der Waals surface area contributed by atoms with E-state index in [9.17, 15) is 9.18 Å². The van der Waals surface area contributed by atoms with Crippen LogP contribution in [0.2, 0.25) is 5.02 Å². The van der Waals surface area contributed by atoms with Gasteiger partial charge in [0.15, 0.2) is 0 Å². The van der Waals surface area contributed by atoms with Crippen LogP contribution in [0, 0.1) is 5.82 Å². The van der Waals surface area contributed by atoms with Crippen molar-refractivity contribution in [1.82, 2.24) is 15.3 Å². The first-order chi connectivity index (χ1) is 10.6. The number of aromatic nitrogens is 2. The molecule has 0 saturated carbocycles. The maximum atomic E-state index is 13.5. The van der Waals surface area contributed by atoms with E-state index in [0.29, 0.717) is 12.2 Å². The minimum atomic E-state index is -0.439. The van der Waals surface area contributed by atoms with E-state index in [1.54, 1.807) is 6.07 Å². The van der Waals surface area contributed by atoms with Crippen LogP contribution in [-0.2, 0) is 0 Å². The number of hydrogen-bond donors (Lipinski definition) is 1. The van der Waals surface area contributed by atoms with Crippen LogP contribution in [0.3, 0.4) is 0 Å². The molecular weight excluding hydrogens is 307 g/mol. The van der Waals surface area contributed by atoms with E-state index in [4.69, 9.17) is 11.6 Å². The van der Waals surface area contributed by atoms with Gasteiger partial charge >= 0.3 is 0 Å². The van der Waals surface area contributed by atoms with Crippen LogP contribution in [0.1, 0.15) is 16.9 Å². The second kappa shape index (κ2) is 6.27. The molecule has 5 nitrogen and oxygen atoms in total. The summed E-state index contributed by atoms with van der Waals surface area (Å²) in [4.78, 5) is 21.9. The van der Waals surface area contributed by atoms with Gasteiger partial charge in [-0.05, 0) is 24.6 Å². The summed E-state index contributed by atoms with van der Waals surface area (Å²) in [7, 11) is 0. The van der Waals surface area contributed by atoms with Gasteiger partial charge in [-0.3, -0.25) is 9.78 Å². The van der Waals surface area contributed by atoms with Gasteiger partial charge in [0.25, 0.3) is 5.91 Å². The fraction of sp³-hybridized carbons (Fsp3) is 0.267. The molecule has 2 heterocycles. The van der Waals surface area contributed by atoms with Crippen molar-refractivity contribution in [3.63, 3.8) is 0 Å². The molecule has 1 saturated heterocycles. The Morgan fingerprint density at radius 2 is 2.27 bits per heavy atom. The van der Waals surface area contributed by atoms with E-state index >= 15 is 0 Å². The first-order valence-electron chi connectivity index (χ1n) is 6.90. The quantitative estimate of drug-likeness (QED) is 0.942. The minimum absolute atomic E-state index is 0.00625. The molecule has 22 heavy (non-hydrogen) atoms. The molecule has 2 aromatic rings. The van der Waals surface area contributed by atoms with E-state index in [1.165, 1.54) is 30.7 Å².